The van der Waals surface area contributed by atoms with Crippen molar-refractivity contribution in [3.63, 3.8) is 0 Å². The number of nitrogens with zero attached hydrogens (tertiary/aromatic N) is 1. The van der Waals surface area contributed by atoms with E-state index in [9.17, 15) is 0 Å². The molecule has 0 atom stereocenters. The lowest BCUT2D eigenvalue weighted by atomic mass is 10.0. The average molecular weight is 249 g/mol. The van der Waals surface area contributed by atoms with Crippen molar-refractivity contribution in [2.45, 2.75) is 13.3 Å². The van der Waals surface area contributed by atoms with Gasteiger partial charge in [0.2, 0.25) is 0 Å². The summed E-state index contributed by atoms with van der Waals surface area (Å²) in [5.41, 5.74) is 1.35. The van der Waals surface area contributed by atoms with Crippen molar-refractivity contribution in [2.75, 3.05) is 0 Å². The van der Waals surface area contributed by atoms with E-state index in [1.807, 2.05) is 24.3 Å². The highest BCUT2D eigenvalue weighted by Crippen LogP contribution is 2.31. The van der Waals surface area contributed by atoms with E-state index in [2.05, 4.69) is 36.2 Å². The van der Waals surface area contributed by atoms with Gasteiger partial charge in [-0.3, -0.25) is 4.98 Å². The van der Waals surface area contributed by atoms with Crippen LogP contribution in [0.3, 0.4) is 0 Å². The van der Waals surface area contributed by atoms with Gasteiger partial charge in [-0.2, -0.15) is 0 Å². The molecule has 1 aromatic heterocycles. The number of aryl methyl sites for hydroxylation is 1. The molecule has 3 aromatic rings. The normalized spacial score (nSPS) is 10.6. The molecule has 2 nitrogen and oxygen atoms in total. The predicted octanol–water partition coefficient (Wildman–Crippen LogP) is 4.59. The molecule has 0 amide bonds. The molecule has 0 aliphatic heterocycles. The van der Waals surface area contributed by atoms with E-state index in [0.29, 0.717) is 0 Å². The molecule has 94 valence electrons. The summed E-state index contributed by atoms with van der Waals surface area (Å²) in [4.78, 5) is 4.00. The van der Waals surface area contributed by atoms with E-state index in [1.54, 1.807) is 12.4 Å². The van der Waals surface area contributed by atoms with Crippen molar-refractivity contribution in [3.8, 4) is 11.5 Å². The smallest absolute Gasteiger partial charge is 0.135 e. The first-order chi connectivity index (χ1) is 9.38. The Kier molecular flexibility index (Phi) is 3.15. The van der Waals surface area contributed by atoms with Crippen LogP contribution < -0.4 is 4.74 Å². The minimum Gasteiger partial charge on any atom is -0.457 e. The van der Waals surface area contributed by atoms with Gasteiger partial charge < -0.3 is 4.74 Å². The molecule has 0 N–H and O–H groups in total. The van der Waals surface area contributed by atoms with Crippen LogP contribution in [0.25, 0.3) is 10.8 Å². The molecule has 0 aliphatic rings. The van der Waals surface area contributed by atoms with E-state index in [4.69, 9.17) is 4.74 Å². The molecule has 0 spiro atoms. The second kappa shape index (κ2) is 5.11. The van der Waals surface area contributed by atoms with Crippen molar-refractivity contribution in [1.29, 1.82) is 0 Å². The van der Waals surface area contributed by atoms with Gasteiger partial charge in [-0.1, -0.05) is 37.3 Å². The first-order valence-electron chi connectivity index (χ1n) is 6.47. The first kappa shape index (κ1) is 11.7. The van der Waals surface area contributed by atoms with E-state index < -0.39 is 0 Å². The molecule has 1 heterocycles. The standard InChI is InChI=1S/C17H15NO/c1-2-13-7-8-17(16-6-4-3-5-15(13)16)19-14-9-11-18-12-10-14/h3-12H,2H2,1H3. The maximum Gasteiger partial charge on any atom is 0.135 e. The Morgan fingerprint density at radius 2 is 1.63 bits per heavy atom. The van der Waals surface area contributed by atoms with Gasteiger partial charge in [0.25, 0.3) is 0 Å². The molecular weight excluding hydrogens is 234 g/mol. The zero-order valence-electron chi connectivity index (χ0n) is 10.8. The molecular formula is C17H15NO. The molecule has 0 unspecified atom stereocenters. The Morgan fingerprint density at radius 3 is 2.37 bits per heavy atom. The second-order valence-electron chi connectivity index (χ2n) is 4.41. The fourth-order valence-corrected chi connectivity index (χ4v) is 2.26. The summed E-state index contributed by atoms with van der Waals surface area (Å²) in [6, 6.07) is 16.3. The van der Waals surface area contributed by atoms with Crippen LogP contribution in [0, 0.1) is 0 Å². The summed E-state index contributed by atoms with van der Waals surface area (Å²) < 4.78 is 5.95. The van der Waals surface area contributed by atoms with Crippen LogP contribution in [-0.4, -0.2) is 4.98 Å². The first-order valence-corrected chi connectivity index (χ1v) is 6.47. The molecule has 0 aliphatic carbocycles. The lowest BCUT2D eigenvalue weighted by molar-refractivity contribution is 0.487. The largest absolute Gasteiger partial charge is 0.457 e. The Hall–Kier alpha value is -2.35. The number of rotatable bonds is 3. The monoisotopic (exact) mass is 249 g/mol. The lowest BCUT2D eigenvalue weighted by Gasteiger charge is -2.11. The van der Waals surface area contributed by atoms with Crippen LogP contribution in [-0.2, 0) is 6.42 Å². The van der Waals surface area contributed by atoms with E-state index in [1.165, 1.54) is 10.9 Å². The minimum atomic E-state index is 0.810. The van der Waals surface area contributed by atoms with Gasteiger partial charge in [0.05, 0.1) is 0 Å². The molecule has 0 saturated heterocycles. The van der Waals surface area contributed by atoms with Crippen molar-refractivity contribution < 1.29 is 4.74 Å². The van der Waals surface area contributed by atoms with Gasteiger partial charge in [0.15, 0.2) is 0 Å². The van der Waals surface area contributed by atoms with Crippen molar-refractivity contribution in [1.82, 2.24) is 4.98 Å². The summed E-state index contributed by atoms with van der Waals surface area (Å²) in [6.07, 6.45) is 4.49. The van der Waals surface area contributed by atoms with E-state index in [0.717, 1.165) is 23.3 Å². The third-order valence-electron chi connectivity index (χ3n) is 3.23. The SMILES string of the molecule is CCc1ccc(Oc2ccncc2)c2ccccc12. The van der Waals surface area contributed by atoms with Crippen LogP contribution in [0.15, 0.2) is 60.9 Å². The maximum atomic E-state index is 5.95. The van der Waals surface area contributed by atoms with Crippen LogP contribution in [0.5, 0.6) is 11.5 Å². The molecule has 3 rings (SSSR count). The van der Waals surface area contributed by atoms with E-state index >= 15 is 0 Å². The molecule has 0 fully saturated rings. The van der Waals surface area contributed by atoms with Gasteiger partial charge in [0, 0.05) is 17.8 Å². The molecule has 0 radical (unpaired) electrons. The second-order valence-corrected chi connectivity index (χ2v) is 4.41. The molecule has 0 bridgehead atoms. The number of fused-ring (bicyclic) bond motifs is 1. The van der Waals surface area contributed by atoms with E-state index in [-0.39, 0.29) is 0 Å². The summed E-state index contributed by atoms with van der Waals surface area (Å²) in [7, 11) is 0. The number of benzene rings is 2. The fourth-order valence-electron chi connectivity index (χ4n) is 2.26. The Balaban J connectivity index is 2.10. The topological polar surface area (TPSA) is 22.1 Å². The number of hydrogen-bond donors (Lipinski definition) is 0. The fraction of sp³-hybridized carbons (Fsp3) is 0.118. The van der Waals surface area contributed by atoms with Gasteiger partial charge in [-0.25, -0.2) is 0 Å². The van der Waals surface area contributed by atoms with Crippen molar-refractivity contribution in [2.24, 2.45) is 0 Å². The zero-order valence-corrected chi connectivity index (χ0v) is 10.8. The molecule has 2 aromatic carbocycles. The highest BCUT2D eigenvalue weighted by molar-refractivity contribution is 5.91. The lowest BCUT2D eigenvalue weighted by Crippen LogP contribution is -1.89. The summed E-state index contributed by atoms with van der Waals surface area (Å²) >= 11 is 0. The number of aromatic nitrogens is 1. The Bertz CT molecular complexity index is 692. The summed E-state index contributed by atoms with van der Waals surface area (Å²) in [6.45, 7) is 2.17. The third kappa shape index (κ3) is 2.29. The van der Waals surface area contributed by atoms with Crippen molar-refractivity contribution in [3.05, 3.63) is 66.5 Å². The average Bonchev–Trinajstić information content (AvgIpc) is 2.49. The predicted molar refractivity (Wildman–Crippen MR) is 77.6 cm³/mol. The Morgan fingerprint density at radius 1 is 0.895 bits per heavy atom. The quantitative estimate of drug-likeness (QED) is 0.677. The highest BCUT2D eigenvalue weighted by atomic mass is 16.5. The zero-order chi connectivity index (χ0) is 13.1. The third-order valence-corrected chi connectivity index (χ3v) is 3.23. The van der Waals surface area contributed by atoms with Gasteiger partial charge in [-0.15, -0.1) is 0 Å². The van der Waals surface area contributed by atoms with Gasteiger partial charge in [0.1, 0.15) is 11.5 Å². The van der Waals surface area contributed by atoms with Crippen LogP contribution in [0.2, 0.25) is 0 Å². The van der Waals surface area contributed by atoms with Crippen LogP contribution in [0.1, 0.15) is 12.5 Å². The number of ether oxygens (including phenoxy) is 1. The van der Waals surface area contributed by atoms with Gasteiger partial charge >= 0.3 is 0 Å². The minimum absolute atomic E-state index is 0.810. The van der Waals surface area contributed by atoms with Gasteiger partial charge in [-0.05, 0) is 35.6 Å². The van der Waals surface area contributed by atoms with Crippen molar-refractivity contribution >= 4 is 10.8 Å². The number of hydrogen-bond acceptors (Lipinski definition) is 2. The molecule has 19 heavy (non-hydrogen) atoms. The van der Waals surface area contributed by atoms with Crippen LogP contribution >= 0.6 is 0 Å². The summed E-state index contributed by atoms with van der Waals surface area (Å²) in [5, 5.41) is 2.41. The Labute approximate surface area is 112 Å². The summed E-state index contributed by atoms with van der Waals surface area (Å²) in [5.74, 6) is 1.70. The molecule has 0 saturated carbocycles. The highest BCUT2D eigenvalue weighted by Gasteiger charge is 2.06. The number of pyridine rings is 1. The maximum absolute atomic E-state index is 5.95. The molecule has 2 heteroatoms. The van der Waals surface area contributed by atoms with Crippen LogP contribution in [0.4, 0.5) is 0 Å².